The Hall–Kier alpha value is -1.14. The van der Waals surface area contributed by atoms with Crippen molar-refractivity contribution in [2.75, 3.05) is 25.5 Å². The molecule has 1 heterocycles. The summed E-state index contributed by atoms with van der Waals surface area (Å²) in [4.78, 5) is 4.11. The van der Waals surface area contributed by atoms with Crippen molar-refractivity contribution in [1.82, 2.24) is 9.29 Å². The minimum atomic E-state index is -3.49. The number of aromatic nitrogens is 1. The van der Waals surface area contributed by atoms with Crippen LogP contribution in [0.1, 0.15) is 25.7 Å². The van der Waals surface area contributed by atoms with E-state index in [-0.39, 0.29) is 5.03 Å². The quantitative estimate of drug-likeness (QED) is 0.835. The van der Waals surface area contributed by atoms with Crippen LogP contribution in [0.5, 0.6) is 0 Å². The number of nitrogens with one attached hydrogen (secondary N) is 1. The summed E-state index contributed by atoms with van der Waals surface area (Å²) in [7, 11) is -1.77. The molecular weight excluding hydrogens is 274 g/mol. The molecule has 110 valence electrons. The van der Waals surface area contributed by atoms with Gasteiger partial charge >= 0.3 is 0 Å². The predicted molar refractivity (Wildman–Crippen MR) is 78.0 cm³/mol. The van der Waals surface area contributed by atoms with E-state index in [1.807, 2.05) is 0 Å². The zero-order valence-corrected chi connectivity index (χ0v) is 12.6. The minimum Gasteiger partial charge on any atom is -0.386 e. The van der Waals surface area contributed by atoms with Gasteiger partial charge in [0.05, 0.1) is 5.69 Å². The first-order chi connectivity index (χ1) is 9.61. The van der Waals surface area contributed by atoms with Gasteiger partial charge in [0.1, 0.15) is 0 Å². The molecule has 2 fully saturated rings. The van der Waals surface area contributed by atoms with E-state index in [0.717, 1.165) is 25.7 Å². The summed E-state index contributed by atoms with van der Waals surface area (Å²) in [6, 6.07) is 3.50. The average molecular weight is 295 g/mol. The molecule has 5 nitrogen and oxygen atoms in total. The molecule has 2 aliphatic carbocycles. The summed E-state index contributed by atoms with van der Waals surface area (Å²) < 4.78 is 27.4. The summed E-state index contributed by atoms with van der Waals surface area (Å²) in [5, 5.41) is 3.08. The number of sulfonamides is 1. The first-order valence-electron chi connectivity index (χ1n) is 7.24. The lowest BCUT2D eigenvalue weighted by Crippen LogP contribution is -2.35. The van der Waals surface area contributed by atoms with E-state index in [9.17, 15) is 8.42 Å². The molecule has 0 radical (unpaired) electrons. The maximum absolute atomic E-state index is 12.9. The Bertz CT molecular complexity index is 566. The van der Waals surface area contributed by atoms with Crippen molar-refractivity contribution < 1.29 is 8.42 Å². The number of hydrogen-bond acceptors (Lipinski definition) is 4. The van der Waals surface area contributed by atoms with Gasteiger partial charge in [-0.05, 0) is 49.7 Å². The third-order valence-corrected chi connectivity index (χ3v) is 5.73. The van der Waals surface area contributed by atoms with E-state index >= 15 is 0 Å². The number of nitrogens with zero attached hydrogens (tertiary/aromatic N) is 2. The third kappa shape index (κ3) is 2.96. The number of rotatable bonds is 7. The fourth-order valence-electron chi connectivity index (χ4n) is 2.36. The monoisotopic (exact) mass is 295 g/mol. The molecule has 0 aromatic carbocycles. The zero-order valence-electron chi connectivity index (χ0n) is 11.7. The van der Waals surface area contributed by atoms with Crippen LogP contribution in [0.2, 0.25) is 0 Å². The maximum Gasteiger partial charge on any atom is 0.262 e. The molecule has 20 heavy (non-hydrogen) atoms. The van der Waals surface area contributed by atoms with Crippen molar-refractivity contribution in [2.45, 2.75) is 30.7 Å². The molecule has 3 rings (SSSR count). The molecule has 0 spiro atoms. The predicted octanol–water partition coefficient (Wildman–Crippen LogP) is 1.93. The second kappa shape index (κ2) is 5.33. The van der Waals surface area contributed by atoms with Crippen LogP contribution in [0.25, 0.3) is 0 Å². The van der Waals surface area contributed by atoms with Gasteiger partial charge in [-0.3, -0.25) is 0 Å². The van der Waals surface area contributed by atoms with Gasteiger partial charge in [-0.1, -0.05) is 0 Å². The van der Waals surface area contributed by atoms with Crippen molar-refractivity contribution in [3.8, 4) is 0 Å². The molecule has 2 aliphatic rings. The number of anilines is 1. The molecule has 0 unspecified atom stereocenters. The van der Waals surface area contributed by atoms with Gasteiger partial charge in [-0.15, -0.1) is 0 Å². The van der Waals surface area contributed by atoms with Crippen molar-refractivity contribution in [2.24, 2.45) is 11.8 Å². The normalized spacial score (nSPS) is 19.3. The number of pyridine rings is 1. The topological polar surface area (TPSA) is 62.3 Å². The van der Waals surface area contributed by atoms with E-state index in [1.54, 1.807) is 29.7 Å². The molecule has 2 saturated carbocycles. The van der Waals surface area contributed by atoms with Crippen LogP contribution in [0, 0.1) is 11.8 Å². The van der Waals surface area contributed by atoms with E-state index in [4.69, 9.17) is 0 Å². The highest BCUT2D eigenvalue weighted by atomic mass is 32.2. The van der Waals surface area contributed by atoms with Crippen LogP contribution < -0.4 is 5.32 Å². The van der Waals surface area contributed by atoms with Gasteiger partial charge in [-0.25, -0.2) is 13.4 Å². The Morgan fingerprint density at radius 3 is 2.35 bits per heavy atom. The van der Waals surface area contributed by atoms with Crippen molar-refractivity contribution in [3.05, 3.63) is 18.3 Å². The molecule has 0 atom stereocenters. The zero-order chi connectivity index (χ0) is 14.2. The Morgan fingerprint density at radius 1 is 1.25 bits per heavy atom. The second-order valence-corrected chi connectivity index (χ2v) is 7.67. The van der Waals surface area contributed by atoms with Gasteiger partial charge < -0.3 is 5.32 Å². The van der Waals surface area contributed by atoms with Crippen molar-refractivity contribution in [3.63, 3.8) is 0 Å². The summed E-state index contributed by atoms with van der Waals surface area (Å²) in [6.45, 7) is 1.30. The third-order valence-electron chi connectivity index (χ3n) is 3.94. The van der Waals surface area contributed by atoms with Crippen LogP contribution in [-0.2, 0) is 10.0 Å². The van der Waals surface area contributed by atoms with Crippen LogP contribution in [0.3, 0.4) is 0 Å². The SMILES string of the molecule is CNc1cccnc1S(=O)(=O)N(CC1CC1)CC1CC1. The minimum absolute atomic E-state index is 0.156. The van der Waals surface area contributed by atoms with E-state index in [0.29, 0.717) is 30.6 Å². The highest BCUT2D eigenvalue weighted by molar-refractivity contribution is 7.89. The highest BCUT2D eigenvalue weighted by Crippen LogP contribution is 2.36. The van der Waals surface area contributed by atoms with E-state index < -0.39 is 10.0 Å². The molecule has 1 aromatic rings. The fourth-order valence-corrected chi connectivity index (χ4v) is 4.06. The molecule has 0 amide bonds. The van der Waals surface area contributed by atoms with Gasteiger partial charge in [-0.2, -0.15) is 4.31 Å². The Balaban J connectivity index is 1.89. The maximum atomic E-state index is 12.9. The average Bonchev–Trinajstić information content (AvgIpc) is 3.33. The molecule has 6 heteroatoms. The summed E-state index contributed by atoms with van der Waals surface area (Å²) >= 11 is 0. The lowest BCUT2D eigenvalue weighted by atomic mass is 10.4. The first kappa shape index (κ1) is 13.8. The van der Waals surface area contributed by atoms with E-state index in [2.05, 4.69) is 10.3 Å². The molecular formula is C14H21N3O2S. The molecule has 0 bridgehead atoms. The van der Waals surface area contributed by atoms with Gasteiger partial charge in [0.25, 0.3) is 10.0 Å². The first-order valence-corrected chi connectivity index (χ1v) is 8.68. The summed E-state index contributed by atoms with van der Waals surface area (Å²) in [5.74, 6) is 1.09. The Kier molecular flexibility index (Phi) is 3.69. The van der Waals surface area contributed by atoms with Crippen LogP contribution >= 0.6 is 0 Å². The Morgan fingerprint density at radius 2 is 1.85 bits per heavy atom. The number of hydrogen-bond donors (Lipinski definition) is 1. The van der Waals surface area contributed by atoms with Gasteiger partial charge in [0, 0.05) is 26.3 Å². The molecule has 0 saturated heterocycles. The largest absolute Gasteiger partial charge is 0.386 e. The molecule has 1 aromatic heterocycles. The molecule has 1 N–H and O–H groups in total. The van der Waals surface area contributed by atoms with Crippen molar-refractivity contribution >= 4 is 15.7 Å². The lowest BCUT2D eigenvalue weighted by Gasteiger charge is -2.22. The standard InChI is InChI=1S/C14H21N3O2S/c1-15-13-3-2-8-16-14(13)20(18,19)17(9-11-4-5-11)10-12-6-7-12/h2-3,8,11-12,15H,4-7,9-10H2,1H3. The van der Waals surface area contributed by atoms with E-state index in [1.165, 1.54) is 0 Å². The van der Waals surface area contributed by atoms with Gasteiger partial charge in [0.2, 0.25) is 0 Å². The Labute approximate surface area is 120 Å². The lowest BCUT2D eigenvalue weighted by molar-refractivity contribution is 0.381. The molecule has 0 aliphatic heterocycles. The summed E-state index contributed by atoms with van der Waals surface area (Å²) in [5.41, 5.74) is 0.573. The summed E-state index contributed by atoms with van der Waals surface area (Å²) in [6.07, 6.45) is 6.14. The van der Waals surface area contributed by atoms with Crippen LogP contribution in [0.15, 0.2) is 23.4 Å². The highest BCUT2D eigenvalue weighted by Gasteiger charge is 2.37. The fraction of sp³-hybridized carbons (Fsp3) is 0.643. The van der Waals surface area contributed by atoms with Crippen LogP contribution in [0.4, 0.5) is 5.69 Å². The van der Waals surface area contributed by atoms with Gasteiger partial charge in [0.15, 0.2) is 5.03 Å². The van der Waals surface area contributed by atoms with Crippen molar-refractivity contribution in [1.29, 1.82) is 0 Å². The second-order valence-electron chi connectivity index (χ2n) is 5.81. The van der Waals surface area contributed by atoms with Crippen LogP contribution in [-0.4, -0.2) is 37.8 Å². The smallest absolute Gasteiger partial charge is 0.262 e.